The molecule has 35 heavy (non-hydrogen) atoms. The van der Waals surface area contributed by atoms with Crippen molar-refractivity contribution in [3.63, 3.8) is 0 Å². The average Bonchev–Trinajstić information content (AvgIpc) is 3.23. The summed E-state index contributed by atoms with van der Waals surface area (Å²) in [5, 5.41) is 11.1. The number of fused-ring (bicyclic) bond motifs is 1. The van der Waals surface area contributed by atoms with Crippen molar-refractivity contribution < 1.29 is 14.3 Å². The number of hydrogen-bond donors (Lipinski definition) is 1. The van der Waals surface area contributed by atoms with Crippen LogP contribution in [0.15, 0.2) is 113 Å². The molecule has 6 heteroatoms. The first-order valence-electron chi connectivity index (χ1n) is 11.3. The Morgan fingerprint density at radius 1 is 0.714 bits per heavy atom. The molecule has 4 aromatic carbocycles. The first kappa shape index (κ1) is 22.1. The Bertz CT molecular complexity index is 1380. The molecule has 1 amide bonds. The minimum Gasteiger partial charge on any atom is -0.485 e. The molecular formula is C29H23N3O3. The van der Waals surface area contributed by atoms with Crippen molar-refractivity contribution in [1.82, 2.24) is 0 Å². The zero-order chi connectivity index (χ0) is 23.9. The number of nitrogens with one attached hydrogen (secondary N) is 1. The third kappa shape index (κ3) is 5.45. The van der Waals surface area contributed by atoms with Crippen molar-refractivity contribution in [2.75, 3.05) is 5.32 Å². The summed E-state index contributed by atoms with van der Waals surface area (Å²) in [7, 11) is 0. The maximum Gasteiger partial charge on any atom is 0.276 e. The van der Waals surface area contributed by atoms with Crippen LogP contribution in [0.25, 0.3) is 0 Å². The summed E-state index contributed by atoms with van der Waals surface area (Å²) in [5.74, 6) is 0.975. The number of rotatable bonds is 8. The van der Waals surface area contributed by atoms with Gasteiger partial charge in [0.05, 0.1) is 11.9 Å². The van der Waals surface area contributed by atoms with Gasteiger partial charge in [0, 0.05) is 5.56 Å². The van der Waals surface area contributed by atoms with E-state index in [4.69, 9.17) is 9.47 Å². The number of ether oxygens (including phenoxy) is 2. The van der Waals surface area contributed by atoms with E-state index in [1.165, 1.54) is 0 Å². The lowest BCUT2D eigenvalue weighted by Gasteiger charge is -2.14. The Morgan fingerprint density at radius 3 is 2.06 bits per heavy atom. The molecular weight excluding hydrogens is 438 g/mol. The quantitative estimate of drug-likeness (QED) is 0.273. The number of anilines is 1. The van der Waals surface area contributed by atoms with Crippen LogP contribution in [-0.2, 0) is 18.0 Å². The van der Waals surface area contributed by atoms with Gasteiger partial charge in [0.1, 0.15) is 13.2 Å². The van der Waals surface area contributed by atoms with Crippen LogP contribution in [0.5, 0.6) is 11.5 Å². The summed E-state index contributed by atoms with van der Waals surface area (Å²) >= 11 is 0. The molecule has 0 aliphatic carbocycles. The molecule has 1 aliphatic heterocycles. The van der Waals surface area contributed by atoms with Crippen LogP contribution >= 0.6 is 0 Å². The first-order valence-corrected chi connectivity index (χ1v) is 11.3. The summed E-state index contributed by atoms with van der Waals surface area (Å²) < 4.78 is 12.2. The fourth-order valence-corrected chi connectivity index (χ4v) is 3.66. The topological polar surface area (TPSA) is 72.3 Å². The lowest BCUT2D eigenvalue weighted by molar-refractivity contribution is -0.110. The average molecular weight is 462 g/mol. The third-order valence-corrected chi connectivity index (χ3v) is 5.45. The first-order chi connectivity index (χ1) is 17.3. The summed E-state index contributed by atoms with van der Waals surface area (Å²) in [4.78, 5) is 12.2. The normalized spacial score (nSPS) is 13.6. The van der Waals surface area contributed by atoms with Crippen LogP contribution in [0.4, 0.5) is 5.69 Å². The van der Waals surface area contributed by atoms with Crippen LogP contribution in [0, 0.1) is 0 Å². The summed E-state index contributed by atoms with van der Waals surface area (Å²) in [6.45, 7) is 0.834. The van der Waals surface area contributed by atoms with Gasteiger partial charge in [0.2, 0.25) is 0 Å². The number of benzene rings is 4. The van der Waals surface area contributed by atoms with Crippen LogP contribution in [0.2, 0.25) is 0 Å². The number of carbonyl (C=O) groups is 1. The minimum atomic E-state index is -0.264. The molecule has 4 aromatic rings. The fourth-order valence-electron chi connectivity index (χ4n) is 3.66. The largest absolute Gasteiger partial charge is 0.485 e. The predicted octanol–water partition coefficient (Wildman–Crippen LogP) is 5.62. The number of amides is 1. The molecule has 0 atom stereocenters. The smallest absolute Gasteiger partial charge is 0.276 e. The van der Waals surface area contributed by atoms with Crippen molar-refractivity contribution in [3.05, 3.63) is 125 Å². The molecule has 0 radical (unpaired) electrons. The van der Waals surface area contributed by atoms with E-state index in [0.717, 1.165) is 27.9 Å². The highest BCUT2D eigenvalue weighted by molar-refractivity contribution is 6.53. The Kier molecular flexibility index (Phi) is 6.62. The molecule has 1 heterocycles. The van der Waals surface area contributed by atoms with Crippen molar-refractivity contribution in [2.24, 2.45) is 10.2 Å². The maximum atomic E-state index is 12.2. The molecule has 5 rings (SSSR count). The van der Waals surface area contributed by atoms with Crippen LogP contribution in [0.1, 0.15) is 22.3 Å². The minimum absolute atomic E-state index is 0.264. The molecule has 0 saturated carbocycles. The molecule has 0 aromatic heterocycles. The van der Waals surface area contributed by atoms with Crippen molar-refractivity contribution in [1.29, 1.82) is 0 Å². The second kappa shape index (κ2) is 10.5. The van der Waals surface area contributed by atoms with Gasteiger partial charge in [-0.2, -0.15) is 5.10 Å². The molecule has 0 bridgehead atoms. The van der Waals surface area contributed by atoms with E-state index in [1.807, 2.05) is 103 Å². The predicted molar refractivity (Wildman–Crippen MR) is 137 cm³/mol. The number of nitrogens with zero attached hydrogens (tertiary/aromatic N) is 2. The maximum absolute atomic E-state index is 12.2. The monoisotopic (exact) mass is 461 g/mol. The van der Waals surface area contributed by atoms with Crippen molar-refractivity contribution in [2.45, 2.75) is 13.2 Å². The lowest BCUT2D eigenvalue weighted by Crippen LogP contribution is -2.13. The van der Waals surface area contributed by atoms with Gasteiger partial charge in [-0.3, -0.25) is 4.79 Å². The molecule has 1 N–H and O–H groups in total. The van der Waals surface area contributed by atoms with Crippen LogP contribution in [0.3, 0.4) is 0 Å². The van der Waals surface area contributed by atoms with E-state index < -0.39 is 0 Å². The number of hydrogen-bond acceptors (Lipinski definition) is 5. The standard InChI is InChI=1S/C29H23N3O3/c33-29-28(24-13-7-8-14-25(24)31-29)32-30-18-23-15-16-26(34-19-21-9-3-1-4-10-21)27(17-23)35-20-22-11-5-2-6-12-22/h1-18H,19-20H2,(H,31,32,33). The zero-order valence-corrected chi connectivity index (χ0v) is 18.9. The summed E-state index contributed by atoms with van der Waals surface area (Å²) in [5.41, 5.74) is 4.67. The zero-order valence-electron chi connectivity index (χ0n) is 18.9. The van der Waals surface area contributed by atoms with E-state index in [9.17, 15) is 4.79 Å². The van der Waals surface area contributed by atoms with Gasteiger partial charge in [0.15, 0.2) is 17.2 Å². The Balaban J connectivity index is 1.36. The van der Waals surface area contributed by atoms with Gasteiger partial charge >= 0.3 is 0 Å². The van der Waals surface area contributed by atoms with Gasteiger partial charge in [0.25, 0.3) is 5.91 Å². The summed E-state index contributed by atoms with van der Waals surface area (Å²) in [6.07, 6.45) is 1.59. The highest BCUT2D eigenvalue weighted by Gasteiger charge is 2.25. The molecule has 172 valence electrons. The second-order valence-corrected chi connectivity index (χ2v) is 7.95. The molecule has 0 saturated heterocycles. The van der Waals surface area contributed by atoms with E-state index in [-0.39, 0.29) is 5.91 Å². The SMILES string of the molecule is O=C1Nc2ccccc2/C1=N/N=Cc1ccc(OCc2ccccc2)c(OCc2ccccc2)c1. The highest BCUT2D eigenvalue weighted by Crippen LogP contribution is 2.30. The number of carbonyl (C=O) groups excluding carboxylic acids is 1. The highest BCUT2D eigenvalue weighted by atomic mass is 16.5. The lowest BCUT2D eigenvalue weighted by atomic mass is 10.1. The van der Waals surface area contributed by atoms with Gasteiger partial charge < -0.3 is 14.8 Å². The van der Waals surface area contributed by atoms with E-state index in [1.54, 1.807) is 6.21 Å². The number of para-hydroxylation sites is 1. The van der Waals surface area contributed by atoms with Gasteiger partial charge in [-0.25, -0.2) is 0 Å². The second-order valence-electron chi connectivity index (χ2n) is 7.95. The Hall–Kier alpha value is -4.71. The van der Waals surface area contributed by atoms with Gasteiger partial charge in [-0.15, -0.1) is 5.10 Å². The molecule has 6 nitrogen and oxygen atoms in total. The Morgan fingerprint density at radius 2 is 1.34 bits per heavy atom. The van der Waals surface area contributed by atoms with Gasteiger partial charge in [-0.1, -0.05) is 78.9 Å². The van der Waals surface area contributed by atoms with E-state index in [0.29, 0.717) is 30.4 Å². The Labute approximate surface area is 203 Å². The van der Waals surface area contributed by atoms with Crippen molar-refractivity contribution in [3.8, 4) is 11.5 Å². The van der Waals surface area contributed by atoms with Crippen LogP contribution < -0.4 is 14.8 Å². The van der Waals surface area contributed by atoms with E-state index in [2.05, 4.69) is 15.5 Å². The van der Waals surface area contributed by atoms with E-state index >= 15 is 0 Å². The fraction of sp³-hybridized carbons (Fsp3) is 0.0690. The molecule has 1 aliphatic rings. The molecule has 0 fully saturated rings. The molecule has 0 spiro atoms. The summed E-state index contributed by atoms with van der Waals surface area (Å²) in [6, 6.07) is 32.9. The van der Waals surface area contributed by atoms with Gasteiger partial charge in [-0.05, 0) is 41.0 Å². The van der Waals surface area contributed by atoms with Crippen LogP contribution in [-0.4, -0.2) is 17.8 Å². The molecule has 0 unspecified atom stereocenters. The van der Waals surface area contributed by atoms with Crippen molar-refractivity contribution >= 4 is 23.5 Å². The third-order valence-electron chi connectivity index (χ3n) is 5.45.